The molecule has 0 aliphatic heterocycles. The molecule has 14 heavy (non-hydrogen) atoms. The number of nitrogens with one attached hydrogen (secondary N) is 1. The fourth-order valence-electron chi connectivity index (χ4n) is 1.79. The molecule has 1 fully saturated rings. The Balaban J connectivity index is 1.96. The average Bonchev–Trinajstić information content (AvgIpc) is 2.93. The van der Waals surface area contributed by atoms with Gasteiger partial charge >= 0.3 is 0 Å². The molecule has 1 saturated carbocycles. The second-order valence-electron chi connectivity index (χ2n) is 5.40. The van der Waals surface area contributed by atoms with Gasteiger partial charge < -0.3 is 10.4 Å². The zero-order valence-electron chi connectivity index (χ0n) is 9.68. The Bertz CT molecular complexity index is 152. The Morgan fingerprint density at radius 3 is 2.64 bits per heavy atom. The molecule has 0 aromatic heterocycles. The van der Waals surface area contributed by atoms with E-state index < -0.39 is 0 Å². The van der Waals surface area contributed by atoms with Crippen molar-refractivity contribution >= 4 is 0 Å². The predicted molar refractivity (Wildman–Crippen MR) is 60.3 cm³/mol. The van der Waals surface area contributed by atoms with Gasteiger partial charge in [0.15, 0.2) is 0 Å². The first kappa shape index (κ1) is 12.0. The maximum absolute atomic E-state index is 8.76. The highest BCUT2D eigenvalue weighted by Crippen LogP contribution is 2.31. The van der Waals surface area contributed by atoms with E-state index in [4.69, 9.17) is 5.11 Å². The van der Waals surface area contributed by atoms with Crippen LogP contribution >= 0.6 is 0 Å². The van der Waals surface area contributed by atoms with Gasteiger partial charge in [-0.15, -0.1) is 0 Å². The second-order valence-corrected chi connectivity index (χ2v) is 5.40. The fraction of sp³-hybridized carbons (Fsp3) is 1.00. The lowest BCUT2D eigenvalue weighted by atomic mass is 9.88. The van der Waals surface area contributed by atoms with Crippen LogP contribution in [0.25, 0.3) is 0 Å². The minimum absolute atomic E-state index is 0.325. The van der Waals surface area contributed by atoms with Gasteiger partial charge in [0.2, 0.25) is 0 Å². The molecule has 0 radical (unpaired) electrons. The molecule has 0 atom stereocenters. The van der Waals surface area contributed by atoms with Crippen molar-refractivity contribution in [2.45, 2.75) is 46.0 Å². The van der Waals surface area contributed by atoms with Crippen LogP contribution in [0.2, 0.25) is 0 Å². The van der Waals surface area contributed by atoms with Crippen molar-refractivity contribution in [3.63, 3.8) is 0 Å². The van der Waals surface area contributed by atoms with Crippen LogP contribution in [0.3, 0.4) is 0 Å². The van der Waals surface area contributed by atoms with Crippen molar-refractivity contribution in [1.29, 1.82) is 0 Å². The van der Waals surface area contributed by atoms with E-state index in [1.54, 1.807) is 0 Å². The highest BCUT2D eigenvalue weighted by atomic mass is 16.2. The van der Waals surface area contributed by atoms with E-state index >= 15 is 0 Å². The molecule has 0 unspecified atom stereocenters. The number of aliphatic hydroxyl groups is 1. The van der Waals surface area contributed by atoms with Gasteiger partial charge in [-0.25, -0.2) is 0 Å². The first-order valence-electron chi connectivity index (χ1n) is 5.96. The van der Waals surface area contributed by atoms with Crippen molar-refractivity contribution in [2.75, 3.05) is 19.7 Å². The molecule has 1 aliphatic rings. The standard InChI is InChI=1S/C12H25NO/c1-12(2,7-3-9-14)10-13-8-6-11-4-5-11/h11,13-14H,3-10H2,1-2H3. The van der Waals surface area contributed by atoms with Crippen LogP contribution in [0, 0.1) is 11.3 Å². The second kappa shape index (κ2) is 5.72. The van der Waals surface area contributed by atoms with Crippen LogP contribution in [0.1, 0.15) is 46.0 Å². The summed E-state index contributed by atoms with van der Waals surface area (Å²) < 4.78 is 0. The molecule has 0 heterocycles. The molecular weight excluding hydrogens is 174 g/mol. The third kappa shape index (κ3) is 5.61. The van der Waals surface area contributed by atoms with Gasteiger partial charge in [-0.1, -0.05) is 26.7 Å². The molecule has 0 saturated heterocycles. The molecule has 2 heteroatoms. The predicted octanol–water partition coefficient (Wildman–Crippen LogP) is 2.17. The van der Waals surface area contributed by atoms with Gasteiger partial charge in [-0.3, -0.25) is 0 Å². The van der Waals surface area contributed by atoms with E-state index in [9.17, 15) is 0 Å². The Kier molecular flexibility index (Phi) is 4.90. The number of rotatable bonds is 8. The van der Waals surface area contributed by atoms with E-state index in [0.717, 1.165) is 25.3 Å². The van der Waals surface area contributed by atoms with Gasteiger partial charge in [0.1, 0.15) is 0 Å². The van der Waals surface area contributed by atoms with Gasteiger partial charge in [-0.2, -0.15) is 0 Å². The largest absolute Gasteiger partial charge is 0.396 e. The molecule has 0 amide bonds. The lowest BCUT2D eigenvalue weighted by molar-refractivity contribution is 0.236. The van der Waals surface area contributed by atoms with Crippen LogP contribution in [0.15, 0.2) is 0 Å². The van der Waals surface area contributed by atoms with E-state index in [0.29, 0.717) is 12.0 Å². The monoisotopic (exact) mass is 199 g/mol. The number of aliphatic hydroxyl groups excluding tert-OH is 1. The van der Waals surface area contributed by atoms with Crippen molar-refractivity contribution < 1.29 is 5.11 Å². The van der Waals surface area contributed by atoms with E-state index in [1.807, 2.05) is 0 Å². The molecule has 1 aliphatic carbocycles. The van der Waals surface area contributed by atoms with Crippen LogP contribution in [-0.2, 0) is 0 Å². The highest BCUT2D eigenvalue weighted by Gasteiger charge is 2.21. The van der Waals surface area contributed by atoms with E-state index in [-0.39, 0.29) is 0 Å². The van der Waals surface area contributed by atoms with Gasteiger partial charge in [0.25, 0.3) is 0 Å². The summed E-state index contributed by atoms with van der Waals surface area (Å²) in [7, 11) is 0. The van der Waals surface area contributed by atoms with Crippen LogP contribution in [-0.4, -0.2) is 24.8 Å². The zero-order chi connectivity index (χ0) is 10.4. The molecule has 2 N–H and O–H groups in total. The summed E-state index contributed by atoms with van der Waals surface area (Å²) in [6.45, 7) is 7.12. The molecule has 2 nitrogen and oxygen atoms in total. The summed E-state index contributed by atoms with van der Waals surface area (Å²) >= 11 is 0. The lowest BCUT2D eigenvalue weighted by Crippen LogP contribution is -2.30. The van der Waals surface area contributed by atoms with Gasteiger partial charge in [0.05, 0.1) is 0 Å². The zero-order valence-corrected chi connectivity index (χ0v) is 9.68. The number of hydrogen-bond acceptors (Lipinski definition) is 2. The minimum atomic E-state index is 0.325. The summed E-state index contributed by atoms with van der Waals surface area (Å²) in [4.78, 5) is 0. The molecule has 0 bridgehead atoms. The molecular formula is C12H25NO. The maximum Gasteiger partial charge on any atom is 0.0431 e. The highest BCUT2D eigenvalue weighted by molar-refractivity contribution is 4.76. The summed E-state index contributed by atoms with van der Waals surface area (Å²) in [5, 5.41) is 12.3. The van der Waals surface area contributed by atoms with Crippen molar-refractivity contribution in [1.82, 2.24) is 5.32 Å². The summed E-state index contributed by atoms with van der Waals surface area (Å²) in [6.07, 6.45) is 6.30. The minimum Gasteiger partial charge on any atom is -0.396 e. The summed E-state index contributed by atoms with van der Waals surface area (Å²) in [6, 6.07) is 0. The summed E-state index contributed by atoms with van der Waals surface area (Å²) in [5.74, 6) is 1.03. The topological polar surface area (TPSA) is 32.3 Å². The maximum atomic E-state index is 8.76. The van der Waals surface area contributed by atoms with E-state index in [1.165, 1.54) is 25.8 Å². The Hall–Kier alpha value is -0.0800. The van der Waals surface area contributed by atoms with Crippen molar-refractivity contribution in [3.8, 4) is 0 Å². The molecule has 0 spiro atoms. The Labute approximate surface area is 88.1 Å². The first-order valence-corrected chi connectivity index (χ1v) is 5.96. The van der Waals surface area contributed by atoms with E-state index in [2.05, 4.69) is 19.2 Å². The molecule has 0 aromatic carbocycles. The fourth-order valence-corrected chi connectivity index (χ4v) is 1.79. The van der Waals surface area contributed by atoms with Gasteiger partial charge in [0, 0.05) is 13.2 Å². The SMILES string of the molecule is CC(C)(CCCO)CNCCC1CC1. The Morgan fingerprint density at radius 1 is 1.36 bits per heavy atom. The third-order valence-corrected chi connectivity index (χ3v) is 3.04. The van der Waals surface area contributed by atoms with Crippen LogP contribution in [0.4, 0.5) is 0 Å². The lowest BCUT2D eigenvalue weighted by Gasteiger charge is -2.24. The normalized spacial score (nSPS) is 17.4. The quantitative estimate of drug-likeness (QED) is 0.587. The van der Waals surface area contributed by atoms with Crippen molar-refractivity contribution in [3.05, 3.63) is 0 Å². The molecule has 84 valence electrons. The van der Waals surface area contributed by atoms with Crippen LogP contribution < -0.4 is 5.32 Å². The average molecular weight is 199 g/mol. The van der Waals surface area contributed by atoms with Crippen LogP contribution in [0.5, 0.6) is 0 Å². The smallest absolute Gasteiger partial charge is 0.0431 e. The number of hydrogen-bond donors (Lipinski definition) is 2. The first-order chi connectivity index (χ1) is 6.64. The van der Waals surface area contributed by atoms with Crippen molar-refractivity contribution in [2.24, 2.45) is 11.3 Å². The summed E-state index contributed by atoms with van der Waals surface area (Å²) in [5.41, 5.74) is 0.340. The molecule has 1 rings (SSSR count). The van der Waals surface area contributed by atoms with Gasteiger partial charge in [-0.05, 0) is 37.1 Å². The third-order valence-electron chi connectivity index (χ3n) is 3.04. The Morgan fingerprint density at radius 2 is 2.07 bits per heavy atom. The molecule has 0 aromatic rings.